The van der Waals surface area contributed by atoms with Gasteiger partial charge in [-0.25, -0.2) is 4.98 Å². The number of aryl methyl sites for hydroxylation is 1. The fourth-order valence-electron chi connectivity index (χ4n) is 3.71. The van der Waals surface area contributed by atoms with E-state index >= 15 is 0 Å². The molecule has 2 fully saturated rings. The van der Waals surface area contributed by atoms with Gasteiger partial charge in [0, 0.05) is 6.04 Å². The van der Waals surface area contributed by atoms with Gasteiger partial charge in [0.15, 0.2) is 12.1 Å². The Morgan fingerprint density at radius 3 is 3.15 bits per heavy atom. The molecule has 20 heavy (non-hydrogen) atoms. The van der Waals surface area contributed by atoms with Crippen molar-refractivity contribution in [3.8, 4) is 11.5 Å². The minimum atomic E-state index is 0.0289. The minimum Gasteiger partial charge on any atom is -0.448 e. The first kappa shape index (κ1) is 12.1. The van der Waals surface area contributed by atoms with E-state index in [0.29, 0.717) is 17.6 Å². The second-order valence-corrected chi connectivity index (χ2v) is 5.84. The number of hydrogen-bond acceptors (Lipinski definition) is 6. The molecule has 0 bridgehead atoms. The lowest BCUT2D eigenvalue weighted by Crippen LogP contribution is -2.43. The van der Waals surface area contributed by atoms with E-state index in [4.69, 9.17) is 8.94 Å². The number of fused-ring (bicyclic) bond motifs is 1. The fraction of sp³-hybridized carbons (Fsp3) is 0.643. The summed E-state index contributed by atoms with van der Waals surface area (Å²) in [6, 6.07) is 0.475. The summed E-state index contributed by atoms with van der Waals surface area (Å²) in [5, 5.41) is 7.70. The average Bonchev–Trinajstić information content (AvgIpc) is 3.16. The normalized spacial score (nSPS) is 29.6. The molecule has 106 valence electrons. The number of aromatic nitrogens is 3. The van der Waals surface area contributed by atoms with E-state index < -0.39 is 0 Å². The predicted molar refractivity (Wildman–Crippen MR) is 71.1 cm³/mol. The van der Waals surface area contributed by atoms with Crippen molar-refractivity contribution >= 4 is 0 Å². The van der Waals surface area contributed by atoms with Gasteiger partial charge in [0.05, 0.1) is 5.41 Å². The number of nitrogens with zero attached hydrogens (tertiary/aromatic N) is 3. The SMILES string of the molecule is Cc1ocnc1-c1noc([C@@]23CCCC[C@@H]2NCC3)n1. The molecule has 0 radical (unpaired) electrons. The molecular weight excluding hydrogens is 256 g/mol. The van der Waals surface area contributed by atoms with E-state index in [0.717, 1.165) is 31.0 Å². The summed E-state index contributed by atoms with van der Waals surface area (Å²) >= 11 is 0. The Kier molecular flexibility index (Phi) is 2.66. The minimum absolute atomic E-state index is 0.0289. The van der Waals surface area contributed by atoms with E-state index in [1.165, 1.54) is 25.7 Å². The molecule has 2 aromatic rings. The molecule has 4 rings (SSSR count). The van der Waals surface area contributed by atoms with Crippen LogP contribution in [0.5, 0.6) is 0 Å². The van der Waals surface area contributed by atoms with Gasteiger partial charge in [-0.1, -0.05) is 18.0 Å². The molecule has 2 aromatic heterocycles. The van der Waals surface area contributed by atoms with Crippen LogP contribution in [-0.2, 0) is 5.41 Å². The maximum atomic E-state index is 5.60. The monoisotopic (exact) mass is 274 g/mol. The lowest BCUT2D eigenvalue weighted by molar-refractivity contribution is 0.199. The van der Waals surface area contributed by atoms with E-state index in [1.54, 1.807) is 0 Å². The lowest BCUT2D eigenvalue weighted by atomic mass is 9.70. The highest BCUT2D eigenvalue weighted by Gasteiger charge is 2.49. The van der Waals surface area contributed by atoms with E-state index in [1.807, 2.05) is 6.92 Å². The van der Waals surface area contributed by atoms with Crippen LogP contribution < -0.4 is 5.32 Å². The van der Waals surface area contributed by atoms with Crippen molar-refractivity contribution in [1.29, 1.82) is 0 Å². The van der Waals surface area contributed by atoms with Gasteiger partial charge >= 0.3 is 0 Å². The fourth-order valence-corrected chi connectivity index (χ4v) is 3.71. The topological polar surface area (TPSA) is 77.0 Å². The third-order valence-electron chi connectivity index (χ3n) is 4.80. The highest BCUT2D eigenvalue weighted by Crippen LogP contribution is 2.44. The maximum absolute atomic E-state index is 5.60. The standard InChI is InChI=1S/C14H18N4O2/c1-9-11(16-8-19-9)12-17-13(20-18-12)14-5-3-2-4-10(14)15-7-6-14/h8,10,15H,2-7H2,1H3/t10-,14+/m0/s1. The van der Waals surface area contributed by atoms with Crippen molar-refractivity contribution in [3.05, 3.63) is 18.0 Å². The van der Waals surface area contributed by atoms with Crippen LogP contribution in [0.3, 0.4) is 0 Å². The second kappa shape index (κ2) is 4.41. The molecule has 2 atom stereocenters. The summed E-state index contributed by atoms with van der Waals surface area (Å²) in [6.45, 7) is 2.89. The zero-order valence-electron chi connectivity index (χ0n) is 11.6. The summed E-state index contributed by atoms with van der Waals surface area (Å²) < 4.78 is 10.8. The molecule has 1 aliphatic heterocycles. The Morgan fingerprint density at radius 2 is 2.30 bits per heavy atom. The van der Waals surface area contributed by atoms with E-state index in [-0.39, 0.29) is 5.41 Å². The number of nitrogens with one attached hydrogen (secondary N) is 1. The van der Waals surface area contributed by atoms with Gasteiger partial charge < -0.3 is 14.3 Å². The van der Waals surface area contributed by atoms with Crippen LogP contribution in [0, 0.1) is 6.92 Å². The maximum Gasteiger partial charge on any atom is 0.234 e. The van der Waals surface area contributed by atoms with Crippen LogP contribution in [0.2, 0.25) is 0 Å². The van der Waals surface area contributed by atoms with Crippen LogP contribution >= 0.6 is 0 Å². The Morgan fingerprint density at radius 1 is 1.35 bits per heavy atom. The van der Waals surface area contributed by atoms with Gasteiger partial charge in [0.25, 0.3) is 0 Å². The molecule has 3 heterocycles. The zero-order valence-corrected chi connectivity index (χ0v) is 11.6. The van der Waals surface area contributed by atoms with Crippen molar-refractivity contribution in [3.63, 3.8) is 0 Å². The molecule has 1 saturated heterocycles. The first-order valence-corrected chi connectivity index (χ1v) is 7.28. The van der Waals surface area contributed by atoms with Crippen molar-refractivity contribution in [2.75, 3.05) is 6.54 Å². The van der Waals surface area contributed by atoms with E-state index in [9.17, 15) is 0 Å². The van der Waals surface area contributed by atoms with Gasteiger partial charge in [-0.05, 0) is 32.7 Å². The van der Waals surface area contributed by atoms with Gasteiger partial charge in [0.2, 0.25) is 11.7 Å². The highest BCUT2D eigenvalue weighted by atomic mass is 16.5. The third kappa shape index (κ3) is 1.64. The summed E-state index contributed by atoms with van der Waals surface area (Å²) in [4.78, 5) is 8.79. The molecule has 6 nitrogen and oxygen atoms in total. The Balaban J connectivity index is 1.72. The van der Waals surface area contributed by atoms with Crippen LogP contribution in [0.4, 0.5) is 0 Å². The van der Waals surface area contributed by atoms with Gasteiger partial charge in [-0.15, -0.1) is 0 Å². The summed E-state index contributed by atoms with van der Waals surface area (Å²) in [5.41, 5.74) is 0.705. The third-order valence-corrected chi connectivity index (χ3v) is 4.80. The summed E-state index contributed by atoms with van der Waals surface area (Å²) in [6.07, 6.45) is 7.34. The van der Waals surface area contributed by atoms with Crippen molar-refractivity contribution < 1.29 is 8.94 Å². The van der Waals surface area contributed by atoms with Crippen molar-refractivity contribution in [2.24, 2.45) is 0 Å². The van der Waals surface area contributed by atoms with Crippen molar-refractivity contribution in [2.45, 2.75) is 50.5 Å². The Hall–Kier alpha value is -1.69. The van der Waals surface area contributed by atoms with Crippen LogP contribution in [0.1, 0.15) is 43.8 Å². The van der Waals surface area contributed by atoms with Gasteiger partial charge in [-0.2, -0.15) is 4.98 Å². The van der Waals surface area contributed by atoms with Crippen LogP contribution in [0.15, 0.2) is 15.3 Å². The van der Waals surface area contributed by atoms with Gasteiger partial charge in [-0.3, -0.25) is 0 Å². The zero-order chi connectivity index (χ0) is 13.6. The molecule has 0 amide bonds. The Bertz CT molecular complexity index is 620. The molecule has 1 saturated carbocycles. The van der Waals surface area contributed by atoms with Crippen LogP contribution in [0.25, 0.3) is 11.5 Å². The lowest BCUT2D eigenvalue weighted by Gasteiger charge is -2.35. The molecule has 1 aliphatic carbocycles. The highest BCUT2D eigenvalue weighted by molar-refractivity contribution is 5.50. The first-order valence-electron chi connectivity index (χ1n) is 7.28. The Labute approximate surface area is 117 Å². The molecule has 0 unspecified atom stereocenters. The smallest absolute Gasteiger partial charge is 0.234 e. The predicted octanol–water partition coefficient (Wildman–Crippen LogP) is 2.21. The van der Waals surface area contributed by atoms with Crippen LogP contribution in [-0.4, -0.2) is 27.7 Å². The largest absolute Gasteiger partial charge is 0.448 e. The first-order chi connectivity index (χ1) is 9.79. The number of rotatable bonds is 2. The van der Waals surface area contributed by atoms with E-state index in [2.05, 4.69) is 20.4 Å². The molecule has 2 aliphatic rings. The molecule has 6 heteroatoms. The average molecular weight is 274 g/mol. The second-order valence-electron chi connectivity index (χ2n) is 5.84. The number of hydrogen-bond donors (Lipinski definition) is 1. The molecule has 0 aromatic carbocycles. The molecular formula is C14H18N4O2. The van der Waals surface area contributed by atoms with Crippen molar-refractivity contribution in [1.82, 2.24) is 20.4 Å². The summed E-state index contributed by atoms with van der Waals surface area (Å²) in [5.74, 6) is 2.03. The van der Waals surface area contributed by atoms with Gasteiger partial charge in [0.1, 0.15) is 5.76 Å². The quantitative estimate of drug-likeness (QED) is 0.904. The molecule has 0 spiro atoms. The number of oxazole rings is 1. The molecule has 1 N–H and O–H groups in total. The summed E-state index contributed by atoms with van der Waals surface area (Å²) in [7, 11) is 0.